The third kappa shape index (κ3) is 3.49. The van der Waals surface area contributed by atoms with E-state index in [2.05, 4.69) is 20.2 Å². The lowest BCUT2D eigenvalue weighted by atomic mass is 10.2. The second kappa shape index (κ2) is 7.34. The average Bonchev–Trinajstić information content (AvgIpc) is 3.30. The molecule has 0 saturated carbocycles. The van der Waals surface area contributed by atoms with Gasteiger partial charge in [-0.05, 0) is 37.1 Å². The maximum absolute atomic E-state index is 13.4. The third-order valence-corrected chi connectivity index (χ3v) is 5.01. The van der Waals surface area contributed by atoms with Crippen LogP contribution in [0.4, 0.5) is 10.2 Å². The molecule has 7 heteroatoms. The van der Waals surface area contributed by atoms with E-state index in [1.165, 1.54) is 12.1 Å². The molecule has 1 aliphatic heterocycles. The van der Waals surface area contributed by atoms with Crippen molar-refractivity contribution < 1.29 is 9.18 Å². The molecule has 2 aromatic heterocycles. The molecule has 1 N–H and O–H groups in total. The molecule has 27 heavy (non-hydrogen) atoms. The number of benzene rings is 1. The summed E-state index contributed by atoms with van der Waals surface area (Å²) in [7, 11) is 1.90. The number of rotatable bonds is 5. The number of hydrogen-bond donors (Lipinski definition) is 1. The monoisotopic (exact) mass is 367 g/mol. The maximum Gasteiger partial charge on any atom is 0.255 e. The summed E-state index contributed by atoms with van der Waals surface area (Å²) in [4.78, 5) is 23.7. The average molecular weight is 367 g/mol. The van der Waals surface area contributed by atoms with Crippen molar-refractivity contribution in [2.45, 2.75) is 19.3 Å². The Morgan fingerprint density at radius 1 is 1.26 bits per heavy atom. The summed E-state index contributed by atoms with van der Waals surface area (Å²) in [5.74, 6) is 1.13. The summed E-state index contributed by atoms with van der Waals surface area (Å²) in [5, 5.41) is 2.96. The fourth-order valence-corrected chi connectivity index (χ4v) is 3.58. The number of carbonyl (C=O) groups is 1. The summed E-state index contributed by atoms with van der Waals surface area (Å²) in [5.41, 5.74) is 2.11. The normalized spacial score (nSPS) is 14.1. The van der Waals surface area contributed by atoms with Gasteiger partial charge in [0.1, 0.15) is 17.5 Å². The van der Waals surface area contributed by atoms with Crippen LogP contribution in [0.15, 0.2) is 36.5 Å². The fraction of sp³-hybridized carbons (Fsp3) is 0.350. The van der Waals surface area contributed by atoms with Crippen molar-refractivity contribution in [1.29, 1.82) is 0 Å². The highest BCUT2D eigenvalue weighted by atomic mass is 19.1. The molecule has 0 spiro atoms. The predicted molar refractivity (Wildman–Crippen MR) is 102 cm³/mol. The lowest BCUT2D eigenvalue weighted by molar-refractivity contribution is 0.0954. The zero-order valence-corrected chi connectivity index (χ0v) is 15.3. The van der Waals surface area contributed by atoms with Crippen LogP contribution in [0.2, 0.25) is 0 Å². The van der Waals surface area contributed by atoms with E-state index in [9.17, 15) is 9.18 Å². The highest BCUT2D eigenvalue weighted by molar-refractivity contribution is 5.98. The standard InChI is InChI=1S/C20H22FN5O/c1-25-17-7-6-14(21)13-16(17)24-18(25)8-10-23-20(27)15-5-4-9-22-19(15)26-11-2-3-12-26/h4-7,9,13H,2-3,8,10-12H2,1H3,(H,23,27). The first-order valence-corrected chi connectivity index (χ1v) is 9.22. The smallest absolute Gasteiger partial charge is 0.255 e. The summed E-state index contributed by atoms with van der Waals surface area (Å²) >= 11 is 0. The molecule has 0 bridgehead atoms. The quantitative estimate of drug-likeness (QED) is 0.753. The fourth-order valence-electron chi connectivity index (χ4n) is 3.58. The molecule has 1 amide bonds. The molecule has 0 aliphatic carbocycles. The van der Waals surface area contributed by atoms with Gasteiger partial charge in [0.25, 0.3) is 5.91 Å². The number of hydrogen-bond acceptors (Lipinski definition) is 4. The van der Waals surface area contributed by atoms with Gasteiger partial charge >= 0.3 is 0 Å². The number of imidazole rings is 1. The van der Waals surface area contributed by atoms with Crippen molar-refractivity contribution in [2.24, 2.45) is 7.05 Å². The van der Waals surface area contributed by atoms with E-state index in [1.807, 2.05) is 17.7 Å². The first kappa shape index (κ1) is 17.5. The number of halogens is 1. The van der Waals surface area contributed by atoms with E-state index in [0.29, 0.717) is 24.0 Å². The van der Waals surface area contributed by atoms with Crippen LogP contribution in [0.25, 0.3) is 11.0 Å². The molecule has 1 saturated heterocycles. The van der Waals surface area contributed by atoms with Gasteiger partial charge in [-0.15, -0.1) is 0 Å². The van der Waals surface area contributed by atoms with Gasteiger partial charge < -0.3 is 14.8 Å². The van der Waals surface area contributed by atoms with Gasteiger partial charge in [0.05, 0.1) is 16.6 Å². The zero-order valence-electron chi connectivity index (χ0n) is 15.3. The van der Waals surface area contributed by atoms with E-state index in [-0.39, 0.29) is 11.7 Å². The topological polar surface area (TPSA) is 63.1 Å². The lowest BCUT2D eigenvalue weighted by Crippen LogP contribution is -2.29. The van der Waals surface area contributed by atoms with Crippen molar-refractivity contribution in [1.82, 2.24) is 19.9 Å². The molecule has 1 fully saturated rings. The third-order valence-electron chi connectivity index (χ3n) is 5.01. The first-order valence-electron chi connectivity index (χ1n) is 9.22. The van der Waals surface area contributed by atoms with Crippen LogP contribution in [-0.2, 0) is 13.5 Å². The van der Waals surface area contributed by atoms with E-state index in [1.54, 1.807) is 18.3 Å². The Morgan fingerprint density at radius 3 is 2.89 bits per heavy atom. The Kier molecular flexibility index (Phi) is 4.75. The SMILES string of the molecule is Cn1c(CCNC(=O)c2cccnc2N2CCCC2)nc2cc(F)ccc21. The van der Waals surface area contributed by atoms with Crippen molar-refractivity contribution in [2.75, 3.05) is 24.5 Å². The minimum absolute atomic E-state index is 0.130. The number of anilines is 1. The Hall–Kier alpha value is -2.96. The highest BCUT2D eigenvalue weighted by Gasteiger charge is 2.20. The number of aromatic nitrogens is 3. The Balaban J connectivity index is 1.44. The number of nitrogens with one attached hydrogen (secondary N) is 1. The number of amides is 1. The van der Waals surface area contributed by atoms with Crippen molar-refractivity contribution >= 4 is 22.8 Å². The second-order valence-electron chi connectivity index (χ2n) is 6.79. The van der Waals surface area contributed by atoms with Crippen molar-refractivity contribution in [3.05, 3.63) is 53.7 Å². The molecule has 1 aliphatic rings. The van der Waals surface area contributed by atoms with Crippen molar-refractivity contribution in [3.63, 3.8) is 0 Å². The molecule has 1 aromatic carbocycles. The summed E-state index contributed by atoms with van der Waals surface area (Å²) in [6, 6.07) is 8.17. The second-order valence-corrected chi connectivity index (χ2v) is 6.79. The molecule has 140 valence electrons. The van der Waals surface area contributed by atoms with Crippen LogP contribution in [0, 0.1) is 5.82 Å². The molecular weight excluding hydrogens is 345 g/mol. The molecule has 0 atom stereocenters. The Labute approximate surface area is 157 Å². The number of fused-ring (bicyclic) bond motifs is 1. The van der Waals surface area contributed by atoms with Gasteiger partial charge in [0.15, 0.2) is 0 Å². The zero-order chi connectivity index (χ0) is 18.8. The minimum atomic E-state index is -0.300. The van der Waals surface area contributed by atoms with Crippen LogP contribution < -0.4 is 10.2 Å². The summed E-state index contributed by atoms with van der Waals surface area (Å²) < 4.78 is 15.3. The number of carbonyl (C=O) groups excluding carboxylic acids is 1. The van der Waals surface area contributed by atoms with Crippen LogP contribution in [0.5, 0.6) is 0 Å². The van der Waals surface area contributed by atoms with Gasteiger partial charge in [-0.1, -0.05) is 0 Å². The Morgan fingerprint density at radius 2 is 2.07 bits per heavy atom. The number of pyridine rings is 1. The van der Waals surface area contributed by atoms with Crippen LogP contribution in [0.3, 0.4) is 0 Å². The van der Waals surface area contributed by atoms with Gasteiger partial charge in [0.2, 0.25) is 0 Å². The number of nitrogens with zero attached hydrogens (tertiary/aromatic N) is 4. The molecule has 6 nitrogen and oxygen atoms in total. The maximum atomic E-state index is 13.4. The van der Waals surface area contributed by atoms with E-state index >= 15 is 0 Å². The molecule has 0 unspecified atom stereocenters. The molecule has 4 rings (SSSR count). The van der Waals surface area contributed by atoms with Crippen LogP contribution >= 0.6 is 0 Å². The highest BCUT2D eigenvalue weighted by Crippen LogP contribution is 2.22. The van der Waals surface area contributed by atoms with Gasteiger partial charge in [0, 0.05) is 45.4 Å². The minimum Gasteiger partial charge on any atom is -0.356 e. The van der Waals surface area contributed by atoms with Gasteiger partial charge in [-0.2, -0.15) is 0 Å². The van der Waals surface area contributed by atoms with Crippen LogP contribution in [-0.4, -0.2) is 40.1 Å². The predicted octanol–water partition coefficient (Wildman–Crippen LogP) is 2.68. The van der Waals surface area contributed by atoms with Gasteiger partial charge in [-0.25, -0.2) is 14.4 Å². The van der Waals surface area contributed by atoms with E-state index < -0.39 is 0 Å². The Bertz CT molecular complexity index is 978. The molecular formula is C20H22FN5O. The molecule has 3 heterocycles. The van der Waals surface area contributed by atoms with E-state index in [0.717, 1.165) is 43.1 Å². The largest absolute Gasteiger partial charge is 0.356 e. The van der Waals surface area contributed by atoms with Crippen LogP contribution in [0.1, 0.15) is 29.0 Å². The first-order chi connectivity index (χ1) is 13.1. The molecule has 0 radical (unpaired) electrons. The van der Waals surface area contributed by atoms with E-state index in [4.69, 9.17) is 0 Å². The number of aryl methyl sites for hydroxylation is 1. The lowest BCUT2D eigenvalue weighted by Gasteiger charge is -2.19. The summed E-state index contributed by atoms with van der Waals surface area (Å²) in [6.07, 6.45) is 4.55. The summed E-state index contributed by atoms with van der Waals surface area (Å²) in [6.45, 7) is 2.33. The molecule has 3 aromatic rings. The van der Waals surface area contributed by atoms with Crippen molar-refractivity contribution in [3.8, 4) is 0 Å². The van der Waals surface area contributed by atoms with Gasteiger partial charge in [-0.3, -0.25) is 4.79 Å².